The first kappa shape index (κ1) is 17.8. The van der Waals surface area contributed by atoms with Gasteiger partial charge in [-0.1, -0.05) is 6.07 Å². The molecule has 1 amide bonds. The van der Waals surface area contributed by atoms with Crippen molar-refractivity contribution in [3.8, 4) is 11.5 Å². The molecule has 0 N–H and O–H groups in total. The van der Waals surface area contributed by atoms with Crippen LogP contribution in [0, 0.1) is 0 Å². The molecular weight excluding hydrogens is 378 g/mol. The van der Waals surface area contributed by atoms with Crippen LogP contribution in [0.25, 0.3) is 11.0 Å². The fraction of sp³-hybridized carbons (Fsp3) is 0.417. The van der Waals surface area contributed by atoms with E-state index >= 15 is 0 Å². The Morgan fingerprint density at radius 1 is 0.967 bits per heavy atom. The Hall–Kier alpha value is -3.02. The predicted molar refractivity (Wildman–Crippen MR) is 113 cm³/mol. The van der Waals surface area contributed by atoms with Gasteiger partial charge >= 0.3 is 0 Å². The van der Waals surface area contributed by atoms with E-state index in [9.17, 15) is 4.79 Å². The third kappa shape index (κ3) is 3.02. The van der Waals surface area contributed by atoms with Gasteiger partial charge in [0.1, 0.15) is 0 Å². The summed E-state index contributed by atoms with van der Waals surface area (Å²) in [5.74, 6) is 1.66. The van der Waals surface area contributed by atoms with Gasteiger partial charge in [-0.25, -0.2) is 4.98 Å². The first-order valence-electron chi connectivity index (χ1n) is 10.9. The second-order valence-electron chi connectivity index (χ2n) is 8.50. The molecule has 1 saturated heterocycles. The van der Waals surface area contributed by atoms with Crippen LogP contribution >= 0.6 is 0 Å². The van der Waals surface area contributed by atoms with E-state index in [-0.39, 0.29) is 11.9 Å². The highest BCUT2D eigenvalue weighted by Gasteiger charge is 2.32. The molecule has 1 aliphatic carbocycles. The molecule has 154 valence electrons. The van der Waals surface area contributed by atoms with Crippen LogP contribution in [0.3, 0.4) is 0 Å². The van der Waals surface area contributed by atoms with Crippen LogP contribution in [0.5, 0.6) is 11.5 Å². The number of rotatable bonds is 3. The van der Waals surface area contributed by atoms with Gasteiger partial charge in [0, 0.05) is 24.6 Å². The highest BCUT2D eigenvalue weighted by atomic mass is 16.5. The number of amides is 1. The standard InChI is InChI=1S/C24H25N3O3/c28-24(17-4-8-21-19(13-17)25-15-27(21)18-6-7-18)26-10-1-3-20(26)16-5-9-22-23(14-16)30-12-2-11-29-22/h4-5,8-9,13-15,18,20H,1-3,6-7,10-12H2. The van der Waals surface area contributed by atoms with Gasteiger partial charge in [-0.05, 0) is 61.6 Å². The molecule has 1 unspecified atom stereocenters. The predicted octanol–water partition coefficient (Wildman–Crippen LogP) is 4.51. The molecule has 0 radical (unpaired) electrons. The van der Waals surface area contributed by atoms with Crippen molar-refractivity contribution >= 4 is 16.9 Å². The van der Waals surface area contributed by atoms with Crippen LogP contribution in [0.1, 0.15) is 60.1 Å². The van der Waals surface area contributed by atoms with Crippen molar-refractivity contribution in [1.29, 1.82) is 0 Å². The van der Waals surface area contributed by atoms with Crippen molar-refractivity contribution in [3.05, 3.63) is 53.9 Å². The minimum absolute atomic E-state index is 0.0642. The number of carbonyl (C=O) groups is 1. The Balaban J connectivity index is 1.28. The maximum Gasteiger partial charge on any atom is 0.254 e. The lowest BCUT2D eigenvalue weighted by molar-refractivity contribution is 0.0735. The average Bonchev–Trinajstić information content (AvgIpc) is 3.42. The highest BCUT2D eigenvalue weighted by molar-refractivity contribution is 5.97. The van der Waals surface area contributed by atoms with Crippen molar-refractivity contribution in [2.45, 2.75) is 44.2 Å². The molecule has 1 saturated carbocycles. The summed E-state index contributed by atoms with van der Waals surface area (Å²) in [5.41, 5.74) is 3.85. The third-order valence-corrected chi connectivity index (χ3v) is 6.43. The van der Waals surface area contributed by atoms with Gasteiger partial charge in [0.25, 0.3) is 5.91 Å². The van der Waals surface area contributed by atoms with Crippen LogP contribution in [-0.4, -0.2) is 40.1 Å². The number of hydrogen-bond acceptors (Lipinski definition) is 4. The molecule has 30 heavy (non-hydrogen) atoms. The molecule has 2 aliphatic heterocycles. The zero-order valence-corrected chi connectivity index (χ0v) is 16.9. The largest absolute Gasteiger partial charge is 0.490 e. The summed E-state index contributed by atoms with van der Waals surface area (Å²) in [4.78, 5) is 20.0. The zero-order valence-electron chi connectivity index (χ0n) is 16.9. The van der Waals surface area contributed by atoms with Crippen molar-refractivity contribution in [2.24, 2.45) is 0 Å². The van der Waals surface area contributed by atoms with Gasteiger partial charge in [-0.3, -0.25) is 4.79 Å². The number of likely N-dealkylation sites (tertiary alicyclic amines) is 1. The maximum absolute atomic E-state index is 13.4. The number of imidazole rings is 1. The molecule has 1 aromatic heterocycles. The van der Waals surface area contributed by atoms with Gasteiger partial charge in [-0.2, -0.15) is 0 Å². The van der Waals surface area contributed by atoms with E-state index < -0.39 is 0 Å². The lowest BCUT2D eigenvalue weighted by Gasteiger charge is -2.26. The number of hydrogen-bond donors (Lipinski definition) is 0. The summed E-state index contributed by atoms with van der Waals surface area (Å²) < 4.78 is 13.9. The third-order valence-electron chi connectivity index (χ3n) is 6.43. The summed E-state index contributed by atoms with van der Waals surface area (Å²) in [6, 6.07) is 12.7. The first-order chi connectivity index (χ1) is 14.8. The second kappa shape index (κ2) is 7.04. The van der Waals surface area contributed by atoms with E-state index in [1.807, 2.05) is 35.5 Å². The summed E-state index contributed by atoms with van der Waals surface area (Å²) >= 11 is 0. The van der Waals surface area contributed by atoms with E-state index in [1.54, 1.807) is 0 Å². The minimum atomic E-state index is 0.0642. The zero-order chi connectivity index (χ0) is 20.1. The molecule has 3 aliphatic rings. The Kier molecular flexibility index (Phi) is 4.18. The summed E-state index contributed by atoms with van der Waals surface area (Å²) in [6.07, 6.45) is 7.20. The van der Waals surface area contributed by atoms with Gasteiger partial charge in [-0.15, -0.1) is 0 Å². The van der Waals surface area contributed by atoms with Crippen LogP contribution in [0.15, 0.2) is 42.7 Å². The van der Waals surface area contributed by atoms with Crippen LogP contribution in [0.2, 0.25) is 0 Å². The van der Waals surface area contributed by atoms with Gasteiger partial charge < -0.3 is 18.9 Å². The Morgan fingerprint density at radius 3 is 2.70 bits per heavy atom. The number of ether oxygens (including phenoxy) is 2. The molecule has 2 fully saturated rings. The number of benzene rings is 2. The second-order valence-corrected chi connectivity index (χ2v) is 8.50. The van der Waals surface area contributed by atoms with Crippen molar-refractivity contribution in [3.63, 3.8) is 0 Å². The van der Waals surface area contributed by atoms with Crippen LogP contribution in [-0.2, 0) is 0 Å². The fourth-order valence-electron chi connectivity index (χ4n) is 4.72. The number of carbonyl (C=O) groups excluding carboxylic acids is 1. The van der Waals surface area contributed by atoms with Gasteiger partial charge in [0.2, 0.25) is 0 Å². The molecule has 2 aromatic carbocycles. The Labute approximate surface area is 175 Å². The highest BCUT2D eigenvalue weighted by Crippen LogP contribution is 2.39. The molecule has 0 bridgehead atoms. The quantitative estimate of drug-likeness (QED) is 0.646. The Bertz CT molecular complexity index is 1120. The molecule has 6 heteroatoms. The maximum atomic E-state index is 13.4. The molecule has 3 aromatic rings. The fourth-order valence-corrected chi connectivity index (χ4v) is 4.72. The monoisotopic (exact) mass is 403 g/mol. The molecule has 0 spiro atoms. The lowest BCUT2D eigenvalue weighted by atomic mass is 10.0. The lowest BCUT2D eigenvalue weighted by Crippen LogP contribution is -2.30. The van der Waals surface area contributed by atoms with Crippen molar-refractivity contribution in [1.82, 2.24) is 14.5 Å². The number of fused-ring (bicyclic) bond motifs is 2. The summed E-state index contributed by atoms with van der Waals surface area (Å²) in [5, 5.41) is 0. The number of aromatic nitrogens is 2. The molecule has 1 atom stereocenters. The van der Waals surface area contributed by atoms with Gasteiger partial charge in [0.05, 0.1) is 36.6 Å². The van der Waals surface area contributed by atoms with Crippen molar-refractivity contribution < 1.29 is 14.3 Å². The van der Waals surface area contributed by atoms with E-state index in [1.165, 1.54) is 12.8 Å². The minimum Gasteiger partial charge on any atom is -0.490 e. The average molecular weight is 403 g/mol. The normalized spacial score (nSPS) is 21.1. The van der Waals surface area contributed by atoms with E-state index in [4.69, 9.17) is 9.47 Å². The summed E-state index contributed by atoms with van der Waals surface area (Å²) in [7, 11) is 0. The van der Waals surface area contributed by atoms with Crippen LogP contribution < -0.4 is 9.47 Å². The first-order valence-corrected chi connectivity index (χ1v) is 10.9. The Morgan fingerprint density at radius 2 is 1.83 bits per heavy atom. The van der Waals surface area contributed by atoms with Gasteiger partial charge in [0.15, 0.2) is 11.5 Å². The van der Waals surface area contributed by atoms with E-state index in [0.717, 1.165) is 53.9 Å². The SMILES string of the molecule is O=C(c1ccc2c(c1)ncn2C1CC1)N1CCCC1c1ccc2c(c1)OCCCO2. The molecular formula is C24H25N3O3. The van der Waals surface area contributed by atoms with Crippen LogP contribution in [0.4, 0.5) is 0 Å². The molecule has 6 rings (SSSR count). The molecule has 6 nitrogen and oxygen atoms in total. The smallest absolute Gasteiger partial charge is 0.254 e. The van der Waals surface area contributed by atoms with Crippen molar-refractivity contribution in [2.75, 3.05) is 19.8 Å². The molecule has 3 heterocycles. The number of nitrogens with zero attached hydrogens (tertiary/aromatic N) is 3. The topological polar surface area (TPSA) is 56.6 Å². The van der Waals surface area contributed by atoms with E-state index in [2.05, 4.69) is 21.7 Å². The summed E-state index contributed by atoms with van der Waals surface area (Å²) in [6.45, 7) is 2.11. The van der Waals surface area contributed by atoms with E-state index in [0.29, 0.717) is 24.8 Å².